The number of unbranched alkanes of at least 4 members (excludes halogenated alkanes) is 5. The van der Waals surface area contributed by atoms with Gasteiger partial charge in [0.25, 0.3) is 0 Å². The summed E-state index contributed by atoms with van der Waals surface area (Å²) in [5.74, 6) is 2.80. The van der Waals surface area contributed by atoms with E-state index in [2.05, 4.69) is 82.7 Å². The van der Waals surface area contributed by atoms with E-state index >= 15 is 0 Å². The van der Waals surface area contributed by atoms with Crippen molar-refractivity contribution in [1.29, 1.82) is 0 Å². The third-order valence-electron chi connectivity index (χ3n) is 7.11. The van der Waals surface area contributed by atoms with Crippen molar-refractivity contribution in [2.45, 2.75) is 86.6 Å². The van der Waals surface area contributed by atoms with Crippen LogP contribution in [0.25, 0.3) is 0 Å². The number of hydrogen-bond acceptors (Lipinski definition) is 3. The van der Waals surface area contributed by atoms with Gasteiger partial charge in [-0.1, -0.05) is 86.6 Å². The van der Waals surface area contributed by atoms with Gasteiger partial charge in [0.05, 0.1) is 19.8 Å². The molecule has 0 aliphatic rings. The van der Waals surface area contributed by atoms with Gasteiger partial charge in [-0.25, -0.2) is 9.98 Å². The second-order valence-electron chi connectivity index (χ2n) is 10.7. The first-order valence-electron chi connectivity index (χ1n) is 15.0. The molecule has 5 heteroatoms. The van der Waals surface area contributed by atoms with Crippen molar-refractivity contribution in [2.75, 3.05) is 13.2 Å². The molecule has 0 atom stereocenters. The number of aliphatic imine (C=N–C) groups is 3. The molecule has 41 heavy (non-hydrogen) atoms. The van der Waals surface area contributed by atoms with Gasteiger partial charge in [0.1, 0.15) is 11.5 Å². The van der Waals surface area contributed by atoms with Crippen molar-refractivity contribution in [2.24, 2.45) is 15.0 Å². The van der Waals surface area contributed by atoms with Gasteiger partial charge in [0.2, 0.25) is 0 Å². The van der Waals surface area contributed by atoms with Crippen molar-refractivity contribution >= 4 is 18.4 Å². The smallest absolute Gasteiger partial charge is 0.161 e. The summed E-state index contributed by atoms with van der Waals surface area (Å²) in [4.78, 5) is 14.3. The summed E-state index contributed by atoms with van der Waals surface area (Å²) in [6.45, 7) is 18.1. The SMILES string of the molecule is C=NC(=NC(=NCc1ccc(OCCCCCCCC)cc1OCC)c1ccc(C)cc1C)c1ccc(C)cc1C. The average molecular weight is 554 g/mol. The zero-order valence-corrected chi connectivity index (χ0v) is 25.9. The Bertz CT molecular complexity index is 1360. The molecule has 0 fully saturated rings. The molecule has 0 saturated carbocycles. The first-order chi connectivity index (χ1) is 19.9. The second-order valence-corrected chi connectivity index (χ2v) is 10.7. The highest BCUT2D eigenvalue weighted by molar-refractivity contribution is 6.13. The molecule has 0 radical (unpaired) electrons. The molecule has 218 valence electrons. The van der Waals surface area contributed by atoms with Gasteiger partial charge in [0, 0.05) is 22.8 Å². The predicted octanol–water partition coefficient (Wildman–Crippen LogP) is 9.15. The zero-order valence-electron chi connectivity index (χ0n) is 25.9. The number of amidine groups is 2. The van der Waals surface area contributed by atoms with Crippen molar-refractivity contribution in [3.8, 4) is 11.5 Å². The third-order valence-corrected chi connectivity index (χ3v) is 7.11. The van der Waals surface area contributed by atoms with Crippen LogP contribution < -0.4 is 9.47 Å². The molecule has 0 spiro atoms. The maximum Gasteiger partial charge on any atom is 0.161 e. The molecule has 0 aromatic heterocycles. The van der Waals surface area contributed by atoms with Crippen LogP contribution in [0.2, 0.25) is 0 Å². The summed E-state index contributed by atoms with van der Waals surface area (Å²) in [5, 5.41) is 0. The molecule has 0 N–H and O–H groups in total. The fourth-order valence-corrected chi connectivity index (χ4v) is 4.87. The third kappa shape index (κ3) is 9.70. The Morgan fingerprint density at radius 1 is 0.707 bits per heavy atom. The van der Waals surface area contributed by atoms with Gasteiger partial charge >= 0.3 is 0 Å². The Hall–Kier alpha value is -3.73. The number of aryl methyl sites for hydroxylation is 4. The molecule has 0 unspecified atom stereocenters. The molecule has 0 bridgehead atoms. The first kappa shape index (κ1) is 31.8. The lowest BCUT2D eigenvalue weighted by Gasteiger charge is -2.13. The van der Waals surface area contributed by atoms with E-state index in [1.165, 1.54) is 43.2 Å². The maximum atomic E-state index is 6.06. The minimum atomic E-state index is 0.413. The number of nitrogens with zero attached hydrogens (tertiary/aromatic N) is 3. The highest BCUT2D eigenvalue weighted by atomic mass is 16.5. The van der Waals surface area contributed by atoms with Gasteiger partial charge in [0.15, 0.2) is 11.7 Å². The zero-order chi connectivity index (χ0) is 29.6. The van der Waals surface area contributed by atoms with Gasteiger partial charge in [-0.3, -0.25) is 4.99 Å². The lowest BCUT2D eigenvalue weighted by atomic mass is 10.0. The van der Waals surface area contributed by atoms with Crippen LogP contribution in [0.5, 0.6) is 11.5 Å². The van der Waals surface area contributed by atoms with Gasteiger partial charge < -0.3 is 9.47 Å². The number of rotatable bonds is 14. The Balaban J connectivity index is 1.89. The van der Waals surface area contributed by atoms with E-state index < -0.39 is 0 Å². The van der Waals surface area contributed by atoms with E-state index in [4.69, 9.17) is 19.5 Å². The van der Waals surface area contributed by atoms with E-state index in [1.807, 2.05) is 25.1 Å². The molecular weight excluding hydrogens is 506 g/mol. The molecule has 0 saturated heterocycles. The molecule has 3 rings (SSSR count). The monoisotopic (exact) mass is 553 g/mol. The van der Waals surface area contributed by atoms with Crippen molar-refractivity contribution < 1.29 is 9.47 Å². The molecule has 0 aliphatic heterocycles. The Morgan fingerprint density at radius 3 is 1.95 bits per heavy atom. The summed E-state index contributed by atoms with van der Waals surface area (Å²) in [7, 11) is 0. The maximum absolute atomic E-state index is 6.06. The quantitative estimate of drug-likeness (QED) is 0.114. The Labute approximate surface area is 247 Å². The van der Waals surface area contributed by atoms with Crippen LogP contribution in [-0.4, -0.2) is 31.6 Å². The molecule has 3 aromatic carbocycles. The second kappa shape index (κ2) is 16.5. The lowest BCUT2D eigenvalue weighted by molar-refractivity contribution is 0.298. The Morgan fingerprint density at radius 2 is 1.34 bits per heavy atom. The predicted molar refractivity (Wildman–Crippen MR) is 175 cm³/mol. The number of benzene rings is 3. The highest BCUT2D eigenvalue weighted by Gasteiger charge is 2.13. The van der Waals surface area contributed by atoms with E-state index in [0.717, 1.165) is 52.3 Å². The molecule has 0 aliphatic carbocycles. The van der Waals surface area contributed by atoms with Gasteiger partial charge in [-0.05, 0) is 71.0 Å². The topological polar surface area (TPSA) is 55.5 Å². The Kier molecular flexibility index (Phi) is 12.8. The molecule has 3 aromatic rings. The van der Waals surface area contributed by atoms with E-state index in [-0.39, 0.29) is 0 Å². The molecule has 0 heterocycles. The number of ether oxygens (including phenoxy) is 2. The van der Waals surface area contributed by atoms with E-state index in [1.54, 1.807) is 0 Å². The minimum absolute atomic E-state index is 0.413. The molecular formula is C36H47N3O2. The van der Waals surface area contributed by atoms with E-state index in [9.17, 15) is 0 Å². The lowest BCUT2D eigenvalue weighted by Crippen LogP contribution is -2.09. The van der Waals surface area contributed by atoms with Crippen LogP contribution in [-0.2, 0) is 6.54 Å². The minimum Gasteiger partial charge on any atom is -0.493 e. The first-order valence-corrected chi connectivity index (χ1v) is 15.0. The summed E-state index contributed by atoms with van der Waals surface area (Å²) in [5.41, 5.74) is 7.51. The van der Waals surface area contributed by atoms with E-state index in [0.29, 0.717) is 24.8 Å². The van der Waals surface area contributed by atoms with Crippen LogP contribution in [0.15, 0.2) is 69.6 Å². The van der Waals surface area contributed by atoms with Gasteiger partial charge in [-0.15, -0.1) is 0 Å². The normalized spacial score (nSPS) is 12.0. The van der Waals surface area contributed by atoms with Crippen molar-refractivity contribution in [3.05, 3.63) is 93.5 Å². The number of hydrogen-bond donors (Lipinski definition) is 0. The summed E-state index contributed by atoms with van der Waals surface area (Å²) < 4.78 is 12.1. The van der Waals surface area contributed by atoms with Crippen LogP contribution in [0.3, 0.4) is 0 Å². The van der Waals surface area contributed by atoms with Crippen molar-refractivity contribution in [3.63, 3.8) is 0 Å². The fraction of sp³-hybridized carbons (Fsp3) is 0.417. The largest absolute Gasteiger partial charge is 0.493 e. The van der Waals surface area contributed by atoms with Gasteiger partial charge in [-0.2, -0.15) is 0 Å². The molecule has 0 amide bonds. The summed E-state index contributed by atoms with van der Waals surface area (Å²) in [6, 6.07) is 18.6. The summed E-state index contributed by atoms with van der Waals surface area (Å²) in [6.07, 6.45) is 7.44. The van der Waals surface area contributed by atoms with Crippen LogP contribution >= 0.6 is 0 Å². The average Bonchev–Trinajstić information content (AvgIpc) is 2.94. The van der Waals surface area contributed by atoms with Crippen LogP contribution in [0, 0.1) is 27.7 Å². The summed E-state index contributed by atoms with van der Waals surface area (Å²) >= 11 is 0. The standard InChI is InChI=1S/C36H47N3O2/c1-8-10-11-12-13-14-21-41-31-18-17-30(34(24-31)40-9-2)25-38-36(33-20-16-27(4)23-29(33)6)39-35(37-7)32-19-15-26(3)22-28(32)5/h15-20,22-24H,7-14,21,25H2,1-6H3. The van der Waals surface area contributed by atoms with Crippen LogP contribution in [0.1, 0.15) is 91.3 Å². The van der Waals surface area contributed by atoms with Crippen LogP contribution in [0.4, 0.5) is 0 Å². The fourth-order valence-electron chi connectivity index (χ4n) is 4.87. The van der Waals surface area contributed by atoms with Crippen molar-refractivity contribution in [1.82, 2.24) is 0 Å². The molecule has 5 nitrogen and oxygen atoms in total. The highest BCUT2D eigenvalue weighted by Crippen LogP contribution is 2.27.